The van der Waals surface area contributed by atoms with Gasteiger partial charge in [0.15, 0.2) is 0 Å². The molecule has 4 rings (SSSR count). The van der Waals surface area contributed by atoms with Crippen molar-refractivity contribution in [2.75, 3.05) is 0 Å². The lowest BCUT2D eigenvalue weighted by Crippen LogP contribution is -2.58. The maximum atomic E-state index is 13.9. The summed E-state index contributed by atoms with van der Waals surface area (Å²) >= 11 is 0. The summed E-state index contributed by atoms with van der Waals surface area (Å²) in [4.78, 5) is 86.9. The molecule has 0 radical (unpaired) electrons. The summed E-state index contributed by atoms with van der Waals surface area (Å²) in [7, 11) is 0. The van der Waals surface area contributed by atoms with Crippen molar-refractivity contribution in [2.45, 2.75) is 121 Å². The van der Waals surface area contributed by atoms with Crippen molar-refractivity contribution in [3.05, 3.63) is 31.5 Å². The van der Waals surface area contributed by atoms with Gasteiger partial charge in [-0.15, -0.1) is 0 Å². The molecule has 1 aromatic rings. The van der Waals surface area contributed by atoms with Crippen LogP contribution in [0, 0.1) is 17.8 Å². The summed E-state index contributed by atoms with van der Waals surface area (Å²) in [6.45, 7) is 1.83. The summed E-state index contributed by atoms with van der Waals surface area (Å²) in [6, 6.07) is -1.68. The predicted molar refractivity (Wildman–Crippen MR) is 146 cm³/mol. The maximum Gasteiger partial charge on any atom is 0.336 e. The molecule has 1 heterocycles. The first-order valence-electron chi connectivity index (χ1n) is 14.6. The van der Waals surface area contributed by atoms with E-state index in [0.29, 0.717) is 38.5 Å². The van der Waals surface area contributed by atoms with Crippen LogP contribution in [-0.4, -0.2) is 50.1 Å². The molecule has 3 aliphatic carbocycles. The highest BCUT2D eigenvalue weighted by atomic mass is 16.2. The van der Waals surface area contributed by atoms with Gasteiger partial charge in [-0.1, -0.05) is 38.5 Å². The first kappa shape index (κ1) is 29.5. The Morgan fingerprint density at radius 3 is 1.50 bits per heavy atom. The SMILES string of the molecule is CC(C1CCCCC1N=C=O)n1c(=O)n(CC2CCCCC2N=C=O)c(=O)n(CC2CCCCC2N=C=O)c1=O. The average Bonchev–Trinajstić information content (AvgIpc) is 2.96. The Balaban J connectivity index is 1.83. The monoisotopic (exact) mass is 554 g/mol. The summed E-state index contributed by atoms with van der Waals surface area (Å²) < 4.78 is 3.37. The molecule has 7 atom stereocenters. The molecule has 1 aromatic heterocycles. The van der Waals surface area contributed by atoms with E-state index in [4.69, 9.17) is 0 Å². The molecule has 3 fully saturated rings. The molecule has 0 N–H and O–H groups in total. The van der Waals surface area contributed by atoms with Crippen molar-refractivity contribution < 1.29 is 14.4 Å². The molecular formula is C28H38N6O6. The van der Waals surface area contributed by atoms with Crippen LogP contribution in [0.15, 0.2) is 29.4 Å². The number of aliphatic imine (C=N–C) groups is 3. The van der Waals surface area contributed by atoms with Crippen LogP contribution in [-0.2, 0) is 27.5 Å². The van der Waals surface area contributed by atoms with Crippen LogP contribution >= 0.6 is 0 Å². The third-order valence-corrected chi connectivity index (χ3v) is 9.37. The van der Waals surface area contributed by atoms with Gasteiger partial charge < -0.3 is 0 Å². The Bertz CT molecular complexity index is 1300. The second-order valence-electron chi connectivity index (χ2n) is 11.6. The Kier molecular flexibility index (Phi) is 10.2. The van der Waals surface area contributed by atoms with Gasteiger partial charge in [0.2, 0.25) is 18.2 Å². The van der Waals surface area contributed by atoms with Crippen LogP contribution in [0.3, 0.4) is 0 Å². The molecule has 0 bridgehead atoms. The molecule has 0 saturated heterocycles. The van der Waals surface area contributed by atoms with Gasteiger partial charge in [-0.2, -0.15) is 0 Å². The quantitative estimate of drug-likeness (QED) is 0.337. The summed E-state index contributed by atoms with van der Waals surface area (Å²) in [5.74, 6) is -0.692. The van der Waals surface area contributed by atoms with Gasteiger partial charge >= 0.3 is 17.1 Å². The van der Waals surface area contributed by atoms with E-state index in [0.717, 1.165) is 52.2 Å². The van der Waals surface area contributed by atoms with Gasteiger partial charge in [-0.3, -0.25) is 0 Å². The van der Waals surface area contributed by atoms with Gasteiger partial charge in [0.25, 0.3) is 0 Å². The van der Waals surface area contributed by atoms with Crippen LogP contribution in [0.5, 0.6) is 0 Å². The van der Waals surface area contributed by atoms with E-state index in [1.807, 2.05) is 0 Å². The van der Waals surface area contributed by atoms with E-state index in [2.05, 4.69) is 15.0 Å². The van der Waals surface area contributed by atoms with E-state index in [9.17, 15) is 28.8 Å². The topological polar surface area (TPSA) is 154 Å². The van der Waals surface area contributed by atoms with Crippen molar-refractivity contribution in [1.82, 2.24) is 13.7 Å². The van der Waals surface area contributed by atoms with E-state index in [1.54, 1.807) is 25.2 Å². The van der Waals surface area contributed by atoms with Crippen LogP contribution in [0.25, 0.3) is 0 Å². The second kappa shape index (κ2) is 13.8. The molecule has 12 heteroatoms. The number of nitrogens with zero attached hydrogens (tertiary/aromatic N) is 6. The fourth-order valence-electron chi connectivity index (χ4n) is 7.18. The minimum absolute atomic E-state index is 0.0294. The van der Waals surface area contributed by atoms with Crippen molar-refractivity contribution >= 4 is 18.2 Å². The van der Waals surface area contributed by atoms with Crippen LogP contribution < -0.4 is 17.1 Å². The molecule has 40 heavy (non-hydrogen) atoms. The molecule has 0 aromatic carbocycles. The largest absolute Gasteiger partial charge is 0.336 e. The van der Waals surface area contributed by atoms with Crippen molar-refractivity contribution in [1.29, 1.82) is 0 Å². The minimum Gasteiger partial charge on any atom is -0.247 e. The van der Waals surface area contributed by atoms with Crippen LogP contribution in [0.1, 0.15) is 90.0 Å². The van der Waals surface area contributed by atoms with Crippen molar-refractivity contribution in [2.24, 2.45) is 32.7 Å². The smallest absolute Gasteiger partial charge is 0.247 e. The van der Waals surface area contributed by atoms with Gasteiger partial charge in [-0.25, -0.2) is 57.4 Å². The molecule has 7 unspecified atom stereocenters. The lowest BCUT2D eigenvalue weighted by atomic mass is 9.80. The zero-order chi connectivity index (χ0) is 28.6. The van der Waals surface area contributed by atoms with Gasteiger partial charge in [-0.05, 0) is 45.4 Å². The summed E-state index contributed by atoms with van der Waals surface area (Å²) in [6.07, 6.45) is 14.3. The highest BCUT2D eigenvalue weighted by Crippen LogP contribution is 2.34. The second-order valence-corrected chi connectivity index (χ2v) is 11.6. The zero-order valence-electron chi connectivity index (χ0n) is 23.1. The third-order valence-electron chi connectivity index (χ3n) is 9.37. The molecule has 0 spiro atoms. The van der Waals surface area contributed by atoms with Crippen molar-refractivity contribution in [3.63, 3.8) is 0 Å². The lowest BCUT2D eigenvalue weighted by molar-refractivity contribution is 0.201. The normalized spacial score (nSPS) is 29.3. The fraction of sp³-hybridized carbons (Fsp3) is 0.786. The van der Waals surface area contributed by atoms with Gasteiger partial charge in [0.05, 0.1) is 18.1 Å². The maximum absolute atomic E-state index is 13.9. The molecule has 216 valence electrons. The average molecular weight is 555 g/mol. The highest BCUT2D eigenvalue weighted by Gasteiger charge is 2.35. The molecule has 3 aliphatic rings. The number of isocyanates is 3. The number of carbonyl (C=O) groups excluding carboxylic acids is 3. The van der Waals surface area contributed by atoms with E-state index < -0.39 is 23.1 Å². The minimum atomic E-state index is -0.705. The molecular weight excluding hydrogens is 516 g/mol. The van der Waals surface area contributed by atoms with E-state index >= 15 is 0 Å². The predicted octanol–water partition coefficient (Wildman–Crippen LogP) is 2.42. The van der Waals surface area contributed by atoms with E-state index in [1.165, 1.54) is 0 Å². The van der Waals surface area contributed by atoms with Gasteiger partial charge in [0, 0.05) is 36.9 Å². The molecule has 0 amide bonds. The fourth-order valence-corrected chi connectivity index (χ4v) is 7.18. The number of rotatable bonds is 9. The Morgan fingerprint density at radius 1 is 0.625 bits per heavy atom. The number of aromatic nitrogens is 3. The lowest BCUT2D eigenvalue weighted by Gasteiger charge is -2.34. The first-order valence-corrected chi connectivity index (χ1v) is 14.6. The Morgan fingerprint density at radius 2 is 1.02 bits per heavy atom. The zero-order valence-corrected chi connectivity index (χ0v) is 23.1. The summed E-state index contributed by atoms with van der Waals surface area (Å²) in [5.41, 5.74) is -2.12. The van der Waals surface area contributed by atoms with Crippen LogP contribution in [0.2, 0.25) is 0 Å². The first-order chi connectivity index (χ1) is 19.4. The Hall–Kier alpha value is -3.45. The molecule has 3 saturated carbocycles. The highest BCUT2D eigenvalue weighted by molar-refractivity contribution is 5.34. The number of hydrogen-bond acceptors (Lipinski definition) is 9. The summed E-state index contributed by atoms with van der Waals surface area (Å²) in [5, 5.41) is 0. The molecule has 0 aliphatic heterocycles. The third kappa shape index (κ3) is 6.30. The molecule has 12 nitrogen and oxygen atoms in total. The Labute approximate surface area is 231 Å². The van der Waals surface area contributed by atoms with Crippen molar-refractivity contribution in [3.8, 4) is 0 Å². The number of hydrogen-bond donors (Lipinski definition) is 0. The van der Waals surface area contributed by atoms with E-state index in [-0.39, 0.29) is 49.0 Å². The standard InChI is InChI=1S/C28H38N6O6/c1-19(22-10-4-7-13-25(22)31-18-37)34-27(39)32(14-20-8-2-5-11-23(20)29-16-35)26(38)33(28(34)40)15-21-9-3-6-12-24(21)30-17-36/h19-25H,2-15H2,1H3. The van der Waals surface area contributed by atoms with Gasteiger partial charge in [0.1, 0.15) is 0 Å². The van der Waals surface area contributed by atoms with Crippen LogP contribution in [0.4, 0.5) is 0 Å².